The van der Waals surface area contributed by atoms with Gasteiger partial charge in [0.1, 0.15) is 5.75 Å². The minimum atomic E-state index is -0.863. The van der Waals surface area contributed by atoms with E-state index in [1.807, 2.05) is 18.2 Å². The third kappa shape index (κ3) is 4.32. The highest BCUT2D eigenvalue weighted by atomic mass is 16.5. The molecule has 1 amide bonds. The summed E-state index contributed by atoms with van der Waals surface area (Å²) in [5, 5.41) is 8.68. The molecular formula is C18H20N2O4. The van der Waals surface area contributed by atoms with Gasteiger partial charge < -0.3 is 14.7 Å². The molecule has 0 bridgehead atoms. The summed E-state index contributed by atoms with van der Waals surface area (Å²) in [6, 6.07) is 10.7. The normalized spacial score (nSPS) is 10.2. The second-order valence-corrected chi connectivity index (χ2v) is 5.35. The van der Waals surface area contributed by atoms with E-state index in [-0.39, 0.29) is 12.3 Å². The van der Waals surface area contributed by atoms with Crippen LogP contribution in [0.3, 0.4) is 0 Å². The maximum atomic E-state index is 12.5. The van der Waals surface area contributed by atoms with Crippen molar-refractivity contribution in [3.05, 3.63) is 48.2 Å². The van der Waals surface area contributed by atoms with Gasteiger partial charge in [-0.05, 0) is 36.8 Å². The summed E-state index contributed by atoms with van der Waals surface area (Å²) < 4.78 is 5.36. The van der Waals surface area contributed by atoms with Crippen molar-refractivity contribution in [2.75, 3.05) is 20.7 Å². The predicted octanol–water partition coefficient (Wildman–Crippen LogP) is 2.69. The number of hydrogen-bond donors (Lipinski definition) is 1. The summed E-state index contributed by atoms with van der Waals surface area (Å²) in [5.41, 5.74) is 1.97. The van der Waals surface area contributed by atoms with Gasteiger partial charge in [-0.2, -0.15) is 0 Å². The fourth-order valence-corrected chi connectivity index (χ4v) is 2.35. The van der Waals surface area contributed by atoms with E-state index in [0.717, 1.165) is 11.3 Å². The Hall–Kier alpha value is -2.89. The van der Waals surface area contributed by atoms with Gasteiger partial charge in [-0.15, -0.1) is 0 Å². The highest BCUT2D eigenvalue weighted by molar-refractivity contribution is 5.95. The maximum absolute atomic E-state index is 12.5. The molecule has 0 unspecified atom stereocenters. The number of benzene rings is 1. The van der Waals surface area contributed by atoms with Crippen LogP contribution in [-0.2, 0) is 4.79 Å². The van der Waals surface area contributed by atoms with Gasteiger partial charge >= 0.3 is 5.97 Å². The van der Waals surface area contributed by atoms with Gasteiger partial charge in [-0.3, -0.25) is 14.6 Å². The molecule has 126 valence electrons. The van der Waals surface area contributed by atoms with E-state index in [0.29, 0.717) is 24.3 Å². The van der Waals surface area contributed by atoms with Crippen molar-refractivity contribution in [3.8, 4) is 17.0 Å². The molecule has 2 aromatic rings. The highest BCUT2D eigenvalue weighted by Crippen LogP contribution is 2.29. The molecule has 1 heterocycles. The number of rotatable bonds is 7. The Morgan fingerprint density at radius 3 is 2.67 bits per heavy atom. The number of carboxylic acid groups (broad SMARTS) is 1. The molecule has 0 saturated carbocycles. The third-order valence-corrected chi connectivity index (χ3v) is 3.62. The summed E-state index contributed by atoms with van der Waals surface area (Å²) in [5.74, 6) is -0.392. The van der Waals surface area contributed by atoms with E-state index in [9.17, 15) is 9.59 Å². The Labute approximate surface area is 140 Å². The number of aliphatic carboxylic acids is 1. The van der Waals surface area contributed by atoms with Crippen molar-refractivity contribution in [2.45, 2.75) is 12.8 Å². The number of nitrogens with zero attached hydrogens (tertiary/aromatic N) is 2. The van der Waals surface area contributed by atoms with Crippen molar-refractivity contribution in [2.24, 2.45) is 0 Å². The van der Waals surface area contributed by atoms with Gasteiger partial charge in [0.25, 0.3) is 5.91 Å². The van der Waals surface area contributed by atoms with E-state index in [4.69, 9.17) is 9.84 Å². The lowest BCUT2D eigenvalue weighted by molar-refractivity contribution is -0.137. The molecular weight excluding hydrogens is 308 g/mol. The van der Waals surface area contributed by atoms with Crippen LogP contribution >= 0.6 is 0 Å². The molecule has 24 heavy (non-hydrogen) atoms. The number of methoxy groups -OCH3 is 1. The van der Waals surface area contributed by atoms with E-state index < -0.39 is 5.97 Å². The molecule has 0 spiro atoms. The monoisotopic (exact) mass is 328 g/mol. The minimum Gasteiger partial charge on any atom is -0.496 e. The van der Waals surface area contributed by atoms with Crippen molar-refractivity contribution >= 4 is 11.9 Å². The third-order valence-electron chi connectivity index (χ3n) is 3.62. The number of carboxylic acids is 1. The van der Waals surface area contributed by atoms with Crippen molar-refractivity contribution < 1.29 is 19.4 Å². The van der Waals surface area contributed by atoms with Crippen molar-refractivity contribution in [1.82, 2.24) is 9.88 Å². The molecule has 1 aromatic carbocycles. The zero-order chi connectivity index (χ0) is 17.5. The first kappa shape index (κ1) is 17.5. The second kappa shape index (κ2) is 8.10. The highest BCUT2D eigenvalue weighted by Gasteiger charge is 2.15. The first-order valence-corrected chi connectivity index (χ1v) is 7.59. The molecule has 0 radical (unpaired) electrons. The average Bonchev–Trinajstić information content (AvgIpc) is 2.60. The zero-order valence-corrected chi connectivity index (χ0v) is 13.7. The molecule has 0 saturated heterocycles. The molecule has 1 N–H and O–H groups in total. The lowest BCUT2D eigenvalue weighted by Gasteiger charge is -2.18. The van der Waals surface area contributed by atoms with Crippen LogP contribution in [0, 0.1) is 0 Å². The Morgan fingerprint density at radius 2 is 2.04 bits per heavy atom. The molecule has 0 aliphatic rings. The van der Waals surface area contributed by atoms with Crippen LogP contribution in [0.5, 0.6) is 5.75 Å². The number of carbonyl (C=O) groups excluding carboxylic acids is 1. The zero-order valence-electron chi connectivity index (χ0n) is 13.7. The Morgan fingerprint density at radius 1 is 1.25 bits per heavy atom. The maximum Gasteiger partial charge on any atom is 0.303 e. The Balaban J connectivity index is 2.22. The molecule has 0 fully saturated rings. The fourth-order valence-electron chi connectivity index (χ4n) is 2.35. The molecule has 2 rings (SSSR count). The predicted molar refractivity (Wildman–Crippen MR) is 90.1 cm³/mol. The number of pyridine rings is 1. The summed E-state index contributed by atoms with van der Waals surface area (Å²) in [4.78, 5) is 28.9. The SMILES string of the molecule is COc1ccc(C(=O)N(C)CCCC(=O)O)cc1-c1ccccn1. The van der Waals surface area contributed by atoms with Crippen molar-refractivity contribution in [1.29, 1.82) is 0 Å². The number of ether oxygens (including phenoxy) is 1. The molecule has 0 aliphatic carbocycles. The van der Waals surface area contributed by atoms with Gasteiger partial charge in [0.2, 0.25) is 0 Å². The van der Waals surface area contributed by atoms with Gasteiger partial charge in [-0.25, -0.2) is 0 Å². The average molecular weight is 328 g/mol. The van der Waals surface area contributed by atoms with Crippen LogP contribution in [0.4, 0.5) is 0 Å². The fraction of sp³-hybridized carbons (Fsp3) is 0.278. The Bertz CT molecular complexity index is 716. The number of hydrogen-bond acceptors (Lipinski definition) is 4. The summed E-state index contributed by atoms with van der Waals surface area (Å²) in [7, 11) is 3.23. The second-order valence-electron chi connectivity index (χ2n) is 5.35. The smallest absolute Gasteiger partial charge is 0.303 e. The van der Waals surface area contributed by atoms with E-state index in [2.05, 4.69) is 4.98 Å². The number of aromatic nitrogens is 1. The number of amides is 1. The lowest BCUT2D eigenvalue weighted by Crippen LogP contribution is -2.28. The topological polar surface area (TPSA) is 79.7 Å². The largest absolute Gasteiger partial charge is 0.496 e. The van der Waals surface area contributed by atoms with Gasteiger partial charge in [0, 0.05) is 37.3 Å². The van der Waals surface area contributed by atoms with Crippen LogP contribution in [0.2, 0.25) is 0 Å². The van der Waals surface area contributed by atoms with Gasteiger partial charge in [-0.1, -0.05) is 6.07 Å². The molecule has 6 nitrogen and oxygen atoms in total. The molecule has 0 atom stereocenters. The van der Waals surface area contributed by atoms with E-state index >= 15 is 0 Å². The minimum absolute atomic E-state index is 0.0411. The summed E-state index contributed by atoms with van der Waals surface area (Å²) in [6.07, 6.45) is 2.14. The summed E-state index contributed by atoms with van der Waals surface area (Å²) in [6.45, 7) is 0.385. The first-order chi connectivity index (χ1) is 11.5. The van der Waals surface area contributed by atoms with E-state index in [1.165, 1.54) is 4.90 Å². The molecule has 6 heteroatoms. The van der Waals surface area contributed by atoms with Gasteiger partial charge in [0.05, 0.1) is 12.8 Å². The van der Waals surface area contributed by atoms with Crippen LogP contribution < -0.4 is 4.74 Å². The number of carbonyl (C=O) groups is 2. The quantitative estimate of drug-likeness (QED) is 0.845. The first-order valence-electron chi connectivity index (χ1n) is 7.59. The van der Waals surface area contributed by atoms with Crippen LogP contribution in [-0.4, -0.2) is 47.6 Å². The van der Waals surface area contributed by atoms with Gasteiger partial charge in [0.15, 0.2) is 0 Å². The van der Waals surface area contributed by atoms with Crippen molar-refractivity contribution in [3.63, 3.8) is 0 Å². The van der Waals surface area contributed by atoms with Crippen LogP contribution in [0.1, 0.15) is 23.2 Å². The Kier molecular flexibility index (Phi) is 5.89. The molecule has 1 aromatic heterocycles. The summed E-state index contributed by atoms with van der Waals surface area (Å²) >= 11 is 0. The van der Waals surface area contributed by atoms with Crippen LogP contribution in [0.25, 0.3) is 11.3 Å². The van der Waals surface area contributed by atoms with E-state index in [1.54, 1.807) is 38.6 Å². The molecule has 0 aliphatic heterocycles. The lowest BCUT2D eigenvalue weighted by atomic mass is 10.0. The van der Waals surface area contributed by atoms with Crippen LogP contribution in [0.15, 0.2) is 42.6 Å². The standard InChI is InChI=1S/C18H20N2O4/c1-20(11-5-7-17(21)22)18(23)13-8-9-16(24-2)14(12-13)15-6-3-4-10-19-15/h3-4,6,8-10,12H,5,7,11H2,1-2H3,(H,21,22).